The maximum Gasteiger partial charge on any atom is 0.123 e. The highest BCUT2D eigenvalue weighted by Gasteiger charge is 2.12. The number of nitrogens with one attached hydrogen (secondary N) is 1. The van der Waals surface area contributed by atoms with Crippen molar-refractivity contribution in [3.63, 3.8) is 0 Å². The number of hydrogen-bond donors (Lipinski definition) is 1. The molecule has 5 aromatic rings. The molecule has 0 radical (unpaired) electrons. The molecule has 4 nitrogen and oxygen atoms in total. The van der Waals surface area contributed by atoms with E-state index in [9.17, 15) is 4.39 Å². The maximum absolute atomic E-state index is 13.3. The zero-order chi connectivity index (χ0) is 21.8. The summed E-state index contributed by atoms with van der Waals surface area (Å²) >= 11 is 0. The van der Waals surface area contributed by atoms with Gasteiger partial charge in [0.15, 0.2) is 0 Å². The van der Waals surface area contributed by atoms with Crippen LogP contribution in [0.1, 0.15) is 5.56 Å². The van der Waals surface area contributed by atoms with E-state index in [1.165, 1.54) is 12.1 Å². The van der Waals surface area contributed by atoms with Gasteiger partial charge in [-0.1, -0.05) is 42.5 Å². The van der Waals surface area contributed by atoms with Gasteiger partial charge in [-0.05, 0) is 59.7 Å². The minimum atomic E-state index is -0.267. The first kappa shape index (κ1) is 19.7. The highest BCUT2D eigenvalue weighted by atomic mass is 19.1. The Bertz CT molecular complexity index is 1310. The van der Waals surface area contributed by atoms with Crippen LogP contribution in [0.15, 0.2) is 103 Å². The summed E-state index contributed by atoms with van der Waals surface area (Å²) in [7, 11) is 0. The van der Waals surface area contributed by atoms with E-state index in [0.717, 1.165) is 45.0 Å². The van der Waals surface area contributed by atoms with Crippen LogP contribution >= 0.6 is 0 Å². The average molecular weight is 421 g/mol. The van der Waals surface area contributed by atoms with Gasteiger partial charge >= 0.3 is 0 Å². The normalized spacial score (nSPS) is 10.8. The molecule has 0 bridgehead atoms. The van der Waals surface area contributed by atoms with Gasteiger partial charge in [-0.3, -0.25) is 10.1 Å². The molecule has 0 saturated carbocycles. The van der Waals surface area contributed by atoms with E-state index < -0.39 is 0 Å². The zero-order valence-corrected chi connectivity index (χ0v) is 17.2. The van der Waals surface area contributed by atoms with Crippen LogP contribution in [0.2, 0.25) is 0 Å². The van der Waals surface area contributed by atoms with Crippen LogP contribution in [-0.4, -0.2) is 15.2 Å². The third kappa shape index (κ3) is 4.27. The summed E-state index contributed by atoms with van der Waals surface area (Å²) in [6.45, 7) is 0.528. The molecule has 0 fully saturated rings. The van der Waals surface area contributed by atoms with E-state index in [-0.39, 0.29) is 5.82 Å². The van der Waals surface area contributed by atoms with Crippen molar-refractivity contribution in [2.24, 2.45) is 0 Å². The number of ether oxygens (including phenoxy) is 1. The van der Waals surface area contributed by atoms with Crippen LogP contribution in [0.4, 0.5) is 4.39 Å². The molecule has 0 spiro atoms. The van der Waals surface area contributed by atoms with Crippen molar-refractivity contribution in [1.82, 2.24) is 15.2 Å². The first-order valence-corrected chi connectivity index (χ1v) is 10.3. The zero-order valence-electron chi connectivity index (χ0n) is 17.2. The fourth-order valence-electron chi connectivity index (χ4n) is 3.56. The molecule has 2 aromatic heterocycles. The number of halogens is 1. The van der Waals surface area contributed by atoms with Gasteiger partial charge in [-0.2, -0.15) is 5.10 Å². The lowest BCUT2D eigenvalue weighted by Crippen LogP contribution is -1.94. The number of nitrogens with zero attached hydrogens (tertiary/aromatic N) is 2. The molecule has 0 atom stereocenters. The van der Waals surface area contributed by atoms with E-state index in [1.54, 1.807) is 18.3 Å². The lowest BCUT2D eigenvalue weighted by Gasteiger charge is -2.09. The van der Waals surface area contributed by atoms with Gasteiger partial charge in [0.2, 0.25) is 0 Å². The molecular formula is C27H20FN3O. The summed E-state index contributed by atoms with van der Waals surface area (Å²) < 4.78 is 19.2. The van der Waals surface area contributed by atoms with Gasteiger partial charge < -0.3 is 4.74 Å². The monoisotopic (exact) mass is 421 g/mol. The number of H-pyrrole nitrogens is 1. The van der Waals surface area contributed by atoms with Crippen molar-refractivity contribution in [2.45, 2.75) is 6.61 Å². The largest absolute Gasteiger partial charge is 0.489 e. The number of pyridine rings is 1. The van der Waals surface area contributed by atoms with Crippen LogP contribution in [0, 0.1) is 5.82 Å². The van der Waals surface area contributed by atoms with Gasteiger partial charge in [-0.15, -0.1) is 0 Å². The smallest absolute Gasteiger partial charge is 0.123 e. The van der Waals surface area contributed by atoms with Crippen LogP contribution in [0.25, 0.3) is 33.6 Å². The van der Waals surface area contributed by atoms with Crippen molar-refractivity contribution in [3.05, 3.63) is 115 Å². The highest BCUT2D eigenvalue weighted by molar-refractivity contribution is 5.81. The Kier molecular flexibility index (Phi) is 5.45. The minimum absolute atomic E-state index is 0.267. The van der Waals surface area contributed by atoms with E-state index in [0.29, 0.717) is 6.61 Å². The van der Waals surface area contributed by atoms with E-state index in [2.05, 4.69) is 15.2 Å². The summed E-state index contributed by atoms with van der Waals surface area (Å²) in [6, 6.07) is 28.3. The number of rotatable bonds is 6. The lowest BCUT2D eigenvalue weighted by molar-refractivity contribution is 0.306. The summed E-state index contributed by atoms with van der Waals surface area (Å²) in [5.74, 6) is 0.544. The quantitative estimate of drug-likeness (QED) is 0.339. The highest BCUT2D eigenvalue weighted by Crippen LogP contribution is 2.32. The van der Waals surface area contributed by atoms with Gasteiger partial charge in [0, 0.05) is 22.9 Å². The van der Waals surface area contributed by atoms with E-state index >= 15 is 0 Å². The molecule has 0 aliphatic heterocycles. The SMILES string of the molecule is Fc1ccc(-c2cc(-c3[nH]ncc3-c3ccc(OCc4ccccc4)cc3)ccn2)cc1. The molecule has 0 aliphatic rings. The van der Waals surface area contributed by atoms with Crippen molar-refractivity contribution in [3.8, 4) is 39.4 Å². The molecule has 1 N–H and O–H groups in total. The fourth-order valence-corrected chi connectivity index (χ4v) is 3.56. The first-order chi connectivity index (χ1) is 15.8. The predicted octanol–water partition coefficient (Wildman–Crippen LogP) is 6.52. The van der Waals surface area contributed by atoms with Crippen molar-refractivity contribution >= 4 is 0 Å². The van der Waals surface area contributed by atoms with Crippen LogP contribution in [0.5, 0.6) is 5.75 Å². The molecule has 0 aliphatic carbocycles. The van der Waals surface area contributed by atoms with Gasteiger partial charge in [0.05, 0.1) is 17.6 Å². The Labute approximate surface area is 185 Å². The molecule has 0 unspecified atom stereocenters. The summed E-state index contributed by atoms with van der Waals surface area (Å²) in [5.41, 5.74) is 6.62. The van der Waals surface area contributed by atoms with Crippen LogP contribution < -0.4 is 4.74 Å². The second-order valence-corrected chi connectivity index (χ2v) is 7.39. The second kappa shape index (κ2) is 8.86. The van der Waals surface area contributed by atoms with E-state index in [1.807, 2.05) is 72.9 Å². The van der Waals surface area contributed by atoms with Crippen molar-refractivity contribution in [2.75, 3.05) is 0 Å². The Balaban J connectivity index is 1.38. The Hall–Kier alpha value is -4.25. The average Bonchev–Trinajstić information content (AvgIpc) is 3.34. The predicted molar refractivity (Wildman–Crippen MR) is 123 cm³/mol. The summed E-state index contributed by atoms with van der Waals surface area (Å²) in [4.78, 5) is 4.44. The second-order valence-electron chi connectivity index (χ2n) is 7.39. The standard InChI is InChI=1S/C27H20FN3O/c28-23-10-6-21(7-11-23)26-16-22(14-15-29-26)27-25(17-30-31-27)20-8-12-24(13-9-20)32-18-19-4-2-1-3-5-19/h1-17H,18H2,(H,30,31). The minimum Gasteiger partial charge on any atom is -0.489 e. The van der Waals surface area contributed by atoms with Crippen molar-refractivity contribution < 1.29 is 9.13 Å². The fraction of sp³-hybridized carbons (Fsp3) is 0.0370. The number of aromatic nitrogens is 3. The Morgan fingerprint density at radius 3 is 2.31 bits per heavy atom. The maximum atomic E-state index is 13.3. The molecule has 3 aromatic carbocycles. The molecule has 32 heavy (non-hydrogen) atoms. The third-order valence-corrected chi connectivity index (χ3v) is 5.24. The van der Waals surface area contributed by atoms with Gasteiger partial charge in [0.25, 0.3) is 0 Å². The molecule has 5 rings (SSSR count). The van der Waals surface area contributed by atoms with E-state index in [4.69, 9.17) is 4.74 Å². The Morgan fingerprint density at radius 2 is 1.53 bits per heavy atom. The summed E-state index contributed by atoms with van der Waals surface area (Å²) in [6.07, 6.45) is 3.56. The molecule has 2 heterocycles. The Morgan fingerprint density at radius 1 is 0.781 bits per heavy atom. The number of benzene rings is 3. The molecule has 0 saturated heterocycles. The molecule has 5 heteroatoms. The molecular weight excluding hydrogens is 401 g/mol. The van der Waals surface area contributed by atoms with Crippen molar-refractivity contribution in [1.29, 1.82) is 0 Å². The van der Waals surface area contributed by atoms with Crippen LogP contribution in [0.3, 0.4) is 0 Å². The molecule has 0 amide bonds. The van der Waals surface area contributed by atoms with Crippen LogP contribution in [-0.2, 0) is 6.61 Å². The van der Waals surface area contributed by atoms with Gasteiger partial charge in [0.1, 0.15) is 18.2 Å². The number of aromatic amines is 1. The number of hydrogen-bond acceptors (Lipinski definition) is 3. The third-order valence-electron chi connectivity index (χ3n) is 5.24. The first-order valence-electron chi connectivity index (χ1n) is 10.3. The summed E-state index contributed by atoms with van der Waals surface area (Å²) in [5, 5.41) is 7.36. The lowest BCUT2D eigenvalue weighted by atomic mass is 10.0. The molecule has 156 valence electrons. The van der Waals surface area contributed by atoms with Gasteiger partial charge in [-0.25, -0.2) is 4.39 Å². The topological polar surface area (TPSA) is 50.8 Å².